The maximum Gasteiger partial charge on any atom is 0.276 e. The molecule has 0 spiro atoms. The van der Waals surface area contributed by atoms with Crippen LogP contribution in [0.2, 0.25) is 0 Å². The minimum atomic E-state index is -0.865. The van der Waals surface area contributed by atoms with Gasteiger partial charge in [-0.2, -0.15) is 5.10 Å². The molecular formula is C18H18F2N4O2. The quantitative estimate of drug-likeness (QED) is 0.879. The van der Waals surface area contributed by atoms with Gasteiger partial charge in [0.25, 0.3) is 5.91 Å². The van der Waals surface area contributed by atoms with Crippen molar-refractivity contribution >= 4 is 17.8 Å². The summed E-state index contributed by atoms with van der Waals surface area (Å²) in [7, 11) is 1.66. The Kier molecular flexibility index (Phi) is 4.35. The average molecular weight is 360 g/mol. The number of para-hydroxylation sites is 1. The topological polar surface area (TPSA) is 79.5 Å². The van der Waals surface area contributed by atoms with Crippen molar-refractivity contribution in [2.75, 3.05) is 5.32 Å². The van der Waals surface area contributed by atoms with Crippen molar-refractivity contribution < 1.29 is 18.7 Å². The molecule has 136 valence electrons. The van der Waals surface area contributed by atoms with E-state index in [1.165, 1.54) is 10.7 Å². The van der Waals surface area contributed by atoms with Crippen molar-refractivity contribution in [3.63, 3.8) is 0 Å². The molecule has 26 heavy (non-hydrogen) atoms. The summed E-state index contributed by atoms with van der Waals surface area (Å²) < 4.78 is 28.9. The molecule has 1 amide bonds. The fourth-order valence-electron chi connectivity index (χ4n) is 2.94. The van der Waals surface area contributed by atoms with E-state index in [1.54, 1.807) is 25.4 Å². The molecule has 1 aliphatic rings. The zero-order valence-corrected chi connectivity index (χ0v) is 14.5. The lowest BCUT2D eigenvalue weighted by Gasteiger charge is -2.30. The molecule has 1 unspecified atom stereocenters. The number of aliphatic hydroxyl groups excluding tert-OH is 1. The maximum atomic E-state index is 13.7. The van der Waals surface area contributed by atoms with E-state index in [0.717, 1.165) is 12.1 Å². The number of carbonyl (C=O) groups excluding carboxylic acids is 1. The minimum Gasteiger partial charge on any atom is -0.493 e. The third kappa shape index (κ3) is 3.22. The molecule has 2 heterocycles. The van der Waals surface area contributed by atoms with Crippen LogP contribution in [-0.4, -0.2) is 27.0 Å². The first kappa shape index (κ1) is 17.8. The van der Waals surface area contributed by atoms with Crippen LogP contribution in [0.15, 0.2) is 41.2 Å². The SMILES string of the molecule is Cn1nc(C(=O)Nc2c(F)cccc2F)cc1C1C=NC(O)=CC1(C)C. The molecule has 2 aromatic rings. The number of anilines is 1. The summed E-state index contributed by atoms with van der Waals surface area (Å²) in [6, 6.07) is 4.88. The van der Waals surface area contributed by atoms with Crippen LogP contribution in [0.4, 0.5) is 14.5 Å². The Morgan fingerprint density at radius 3 is 2.58 bits per heavy atom. The molecule has 0 fully saturated rings. The number of amides is 1. The van der Waals surface area contributed by atoms with E-state index in [1.807, 2.05) is 13.8 Å². The number of nitrogens with zero attached hydrogens (tertiary/aromatic N) is 3. The Balaban J connectivity index is 1.89. The molecule has 0 radical (unpaired) electrons. The molecule has 2 N–H and O–H groups in total. The van der Waals surface area contributed by atoms with Crippen molar-refractivity contribution in [3.8, 4) is 0 Å². The Labute approximate surface area is 148 Å². The number of nitrogens with one attached hydrogen (secondary N) is 1. The summed E-state index contributed by atoms with van der Waals surface area (Å²) >= 11 is 0. The van der Waals surface area contributed by atoms with Gasteiger partial charge in [-0.05, 0) is 24.3 Å². The van der Waals surface area contributed by atoms with E-state index in [-0.39, 0.29) is 17.5 Å². The highest BCUT2D eigenvalue weighted by Crippen LogP contribution is 2.38. The molecule has 3 rings (SSSR count). The monoisotopic (exact) mass is 360 g/mol. The summed E-state index contributed by atoms with van der Waals surface area (Å²) in [5.41, 5.74) is -0.266. The fraction of sp³-hybridized carbons (Fsp3) is 0.278. The van der Waals surface area contributed by atoms with E-state index in [2.05, 4.69) is 15.4 Å². The normalized spacial score (nSPS) is 18.5. The lowest BCUT2D eigenvalue weighted by atomic mass is 9.76. The zero-order valence-electron chi connectivity index (χ0n) is 14.5. The van der Waals surface area contributed by atoms with Crippen LogP contribution >= 0.6 is 0 Å². The molecule has 8 heteroatoms. The van der Waals surface area contributed by atoms with Crippen LogP contribution in [0, 0.1) is 17.0 Å². The predicted molar refractivity (Wildman–Crippen MR) is 93.2 cm³/mol. The van der Waals surface area contributed by atoms with E-state index >= 15 is 0 Å². The molecule has 1 aromatic heterocycles. The maximum absolute atomic E-state index is 13.7. The van der Waals surface area contributed by atoms with Gasteiger partial charge in [-0.15, -0.1) is 0 Å². The number of aryl methyl sites for hydroxylation is 1. The van der Waals surface area contributed by atoms with E-state index in [4.69, 9.17) is 0 Å². The van der Waals surface area contributed by atoms with Crippen molar-refractivity contribution in [1.29, 1.82) is 0 Å². The molecule has 0 saturated heterocycles. The van der Waals surface area contributed by atoms with Gasteiger partial charge in [0.1, 0.15) is 17.3 Å². The van der Waals surface area contributed by atoms with Gasteiger partial charge in [-0.1, -0.05) is 19.9 Å². The van der Waals surface area contributed by atoms with Crippen LogP contribution in [0.25, 0.3) is 0 Å². The number of aromatic nitrogens is 2. The Hall–Kier alpha value is -3.03. The standard InChI is InChI=1S/C18H18F2N4O2/c1-18(2)8-15(25)21-9-10(18)14-7-13(23-24(14)3)17(26)22-16-11(19)5-4-6-12(16)20/h4-10,25H,1-3H3,(H,22,26). The number of hydrogen-bond donors (Lipinski definition) is 2. The van der Waals surface area contributed by atoms with Gasteiger partial charge in [0.05, 0.1) is 0 Å². The van der Waals surface area contributed by atoms with E-state index in [9.17, 15) is 18.7 Å². The molecular weight excluding hydrogens is 342 g/mol. The van der Waals surface area contributed by atoms with Gasteiger partial charge >= 0.3 is 0 Å². The molecule has 1 atom stereocenters. The van der Waals surface area contributed by atoms with Crippen LogP contribution in [0.3, 0.4) is 0 Å². The summed E-state index contributed by atoms with van der Waals surface area (Å²) in [6.45, 7) is 3.83. The third-order valence-corrected chi connectivity index (χ3v) is 4.33. The zero-order chi connectivity index (χ0) is 19.1. The van der Waals surface area contributed by atoms with Crippen molar-refractivity contribution in [2.24, 2.45) is 17.5 Å². The second-order valence-corrected chi connectivity index (χ2v) is 6.71. The molecule has 1 aliphatic heterocycles. The van der Waals surface area contributed by atoms with Crippen LogP contribution in [0.1, 0.15) is 35.9 Å². The Morgan fingerprint density at radius 2 is 1.96 bits per heavy atom. The van der Waals surface area contributed by atoms with Crippen molar-refractivity contribution in [1.82, 2.24) is 9.78 Å². The number of rotatable bonds is 3. The number of carbonyl (C=O) groups is 1. The van der Waals surface area contributed by atoms with Gasteiger partial charge in [0, 0.05) is 30.3 Å². The van der Waals surface area contributed by atoms with Crippen molar-refractivity contribution in [3.05, 3.63) is 59.2 Å². The summed E-state index contributed by atoms with van der Waals surface area (Å²) in [5.74, 6) is -2.75. The van der Waals surface area contributed by atoms with Gasteiger partial charge in [-0.3, -0.25) is 9.48 Å². The smallest absolute Gasteiger partial charge is 0.276 e. The number of hydrogen-bond acceptors (Lipinski definition) is 4. The first-order chi connectivity index (χ1) is 12.2. The number of aliphatic imine (C=N–C) groups is 1. The Bertz CT molecular complexity index is 911. The number of halogens is 2. The minimum absolute atomic E-state index is 0.0214. The largest absolute Gasteiger partial charge is 0.493 e. The summed E-state index contributed by atoms with van der Waals surface area (Å²) in [6.07, 6.45) is 3.21. The summed E-state index contributed by atoms with van der Waals surface area (Å²) in [4.78, 5) is 16.3. The fourth-order valence-corrected chi connectivity index (χ4v) is 2.94. The summed E-state index contributed by atoms with van der Waals surface area (Å²) in [5, 5.41) is 16.0. The highest BCUT2D eigenvalue weighted by Gasteiger charge is 2.34. The van der Waals surface area contributed by atoms with E-state index < -0.39 is 28.6 Å². The molecule has 6 nitrogen and oxygen atoms in total. The van der Waals surface area contributed by atoms with Gasteiger partial charge < -0.3 is 10.4 Å². The molecule has 0 aliphatic carbocycles. The van der Waals surface area contributed by atoms with Gasteiger partial charge in [0.15, 0.2) is 5.69 Å². The second-order valence-electron chi connectivity index (χ2n) is 6.71. The molecule has 0 bridgehead atoms. The van der Waals surface area contributed by atoms with Gasteiger partial charge in [0.2, 0.25) is 5.88 Å². The van der Waals surface area contributed by atoms with E-state index in [0.29, 0.717) is 5.69 Å². The first-order valence-electron chi connectivity index (χ1n) is 7.94. The average Bonchev–Trinajstić information content (AvgIpc) is 2.92. The van der Waals surface area contributed by atoms with Crippen molar-refractivity contribution in [2.45, 2.75) is 19.8 Å². The van der Waals surface area contributed by atoms with Crippen LogP contribution in [-0.2, 0) is 7.05 Å². The first-order valence-corrected chi connectivity index (χ1v) is 7.94. The van der Waals surface area contributed by atoms with Gasteiger partial charge in [-0.25, -0.2) is 13.8 Å². The predicted octanol–water partition coefficient (Wildman–Crippen LogP) is 3.54. The number of benzene rings is 1. The van der Waals surface area contributed by atoms with Crippen LogP contribution in [0.5, 0.6) is 0 Å². The molecule has 1 aromatic carbocycles. The molecule has 0 saturated carbocycles. The Morgan fingerprint density at radius 1 is 1.31 bits per heavy atom. The lowest BCUT2D eigenvalue weighted by Crippen LogP contribution is -2.26. The highest BCUT2D eigenvalue weighted by atomic mass is 19.1. The van der Waals surface area contributed by atoms with Crippen LogP contribution < -0.4 is 5.32 Å². The number of aliphatic hydroxyl groups is 1. The number of allylic oxidation sites excluding steroid dienone is 1. The lowest BCUT2D eigenvalue weighted by molar-refractivity contribution is 0.102. The second kappa shape index (κ2) is 6.36. The third-order valence-electron chi connectivity index (χ3n) is 4.33. The highest BCUT2D eigenvalue weighted by molar-refractivity contribution is 6.03.